The van der Waals surface area contributed by atoms with Gasteiger partial charge in [0, 0.05) is 18.0 Å². The van der Waals surface area contributed by atoms with E-state index in [1.807, 2.05) is 13.8 Å². The van der Waals surface area contributed by atoms with Crippen molar-refractivity contribution < 1.29 is 5.11 Å². The SMILES string of the molecule is Cc1cc(C)c(C2CCCNC2)c(O)c1Cl. The number of phenolic OH excluding ortho intramolecular Hbond substituents is 1. The van der Waals surface area contributed by atoms with Gasteiger partial charge in [-0.25, -0.2) is 0 Å². The molecule has 1 aromatic rings. The minimum Gasteiger partial charge on any atom is -0.506 e. The summed E-state index contributed by atoms with van der Waals surface area (Å²) in [5, 5.41) is 14.0. The van der Waals surface area contributed by atoms with Crippen LogP contribution in [0.3, 0.4) is 0 Å². The predicted molar refractivity (Wildman–Crippen MR) is 67.4 cm³/mol. The third-order valence-electron chi connectivity index (χ3n) is 3.37. The van der Waals surface area contributed by atoms with Crippen molar-refractivity contribution in [3.8, 4) is 5.75 Å². The van der Waals surface area contributed by atoms with Gasteiger partial charge in [0.1, 0.15) is 5.75 Å². The van der Waals surface area contributed by atoms with Crippen LogP contribution in [0.5, 0.6) is 5.75 Å². The Hall–Kier alpha value is -0.730. The average molecular weight is 240 g/mol. The summed E-state index contributed by atoms with van der Waals surface area (Å²) in [7, 11) is 0. The van der Waals surface area contributed by atoms with Crippen LogP contribution >= 0.6 is 11.6 Å². The second-order valence-electron chi connectivity index (χ2n) is 4.63. The summed E-state index contributed by atoms with van der Waals surface area (Å²) < 4.78 is 0. The molecule has 3 heteroatoms. The molecule has 1 heterocycles. The third-order valence-corrected chi connectivity index (χ3v) is 3.85. The highest BCUT2D eigenvalue weighted by Crippen LogP contribution is 2.39. The topological polar surface area (TPSA) is 32.3 Å². The van der Waals surface area contributed by atoms with Crippen molar-refractivity contribution in [2.24, 2.45) is 0 Å². The van der Waals surface area contributed by atoms with Gasteiger partial charge in [-0.05, 0) is 44.4 Å². The van der Waals surface area contributed by atoms with E-state index < -0.39 is 0 Å². The van der Waals surface area contributed by atoms with Gasteiger partial charge in [0.05, 0.1) is 5.02 Å². The molecule has 0 aliphatic carbocycles. The monoisotopic (exact) mass is 239 g/mol. The largest absolute Gasteiger partial charge is 0.506 e. The standard InChI is InChI=1S/C13H18ClNO/c1-8-6-9(2)12(14)13(16)11(8)10-4-3-5-15-7-10/h6,10,15-16H,3-5,7H2,1-2H3. The predicted octanol–water partition coefficient (Wildman–Crippen LogP) is 3.13. The smallest absolute Gasteiger partial charge is 0.138 e. The first kappa shape index (κ1) is 11.7. The molecule has 16 heavy (non-hydrogen) atoms. The van der Waals surface area contributed by atoms with Crippen LogP contribution in [0, 0.1) is 13.8 Å². The lowest BCUT2D eigenvalue weighted by Gasteiger charge is -2.26. The molecule has 0 amide bonds. The van der Waals surface area contributed by atoms with Gasteiger partial charge in [-0.1, -0.05) is 17.7 Å². The zero-order valence-corrected chi connectivity index (χ0v) is 10.6. The molecule has 88 valence electrons. The molecule has 1 aromatic carbocycles. The summed E-state index contributed by atoms with van der Waals surface area (Å²) >= 11 is 6.10. The van der Waals surface area contributed by atoms with Crippen LogP contribution in [0.2, 0.25) is 5.02 Å². The summed E-state index contributed by atoms with van der Waals surface area (Å²) in [4.78, 5) is 0. The number of aryl methyl sites for hydroxylation is 2. The van der Waals surface area contributed by atoms with Crippen LogP contribution < -0.4 is 5.32 Å². The van der Waals surface area contributed by atoms with E-state index >= 15 is 0 Å². The van der Waals surface area contributed by atoms with Gasteiger partial charge < -0.3 is 10.4 Å². The second kappa shape index (κ2) is 4.64. The van der Waals surface area contributed by atoms with E-state index in [1.54, 1.807) is 0 Å². The van der Waals surface area contributed by atoms with Crippen LogP contribution in [0.15, 0.2) is 6.07 Å². The lowest BCUT2D eigenvalue weighted by atomic mass is 9.87. The van der Waals surface area contributed by atoms with E-state index in [1.165, 1.54) is 0 Å². The summed E-state index contributed by atoms with van der Waals surface area (Å²) in [6.45, 7) is 5.99. The van der Waals surface area contributed by atoms with E-state index in [4.69, 9.17) is 11.6 Å². The van der Waals surface area contributed by atoms with E-state index in [-0.39, 0.29) is 5.75 Å². The fraction of sp³-hybridized carbons (Fsp3) is 0.538. The maximum absolute atomic E-state index is 10.2. The van der Waals surface area contributed by atoms with Crippen LogP contribution in [-0.4, -0.2) is 18.2 Å². The molecule has 2 N–H and O–H groups in total. The molecule has 0 radical (unpaired) electrons. The van der Waals surface area contributed by atoms with Gasteiger partial charge >= 0.3 is 0 Å². The average Bonchev–Trinajstić information content (AvgIpc) is 2.28. The molecule has 0 aromatic heterocycles. The number of nitrogens with one attached hydrogen (secondary N) is 1. The van der Waals surface area contributed by atoms with E-state index in [2.05, 4.69) is 11.4 Å². The van der Waals surface area contributed by atoms with Crippen molar-refractivity contribution in [1.82, 2.24) is 5.32 Å². The van der Waals surface area contributed by atoms with Crippen LogP contribution in [-0.2, 0) is 0 Å². The normalized spacial score (nSPS) is 21.1. The third kappa shape index (κ3) is 2.04. The van der Waals surface area contributed by atoms with Crippen LogP contribution in [0.4, 0.5) is 0 Å². The Morgan fingerprint density at radius 2 is 2.12 bits per heavy atom. The zero-order chi connectivity index (χ0) is 11.7. The van der Waals surface area contributed by atoms with Crippen molar-refractivity contribution in [3.05, 3.63) is 27.8 Å². The van der Waals surface area contributed by atoms with E-state index in [0.29, 0.717) is 10.9 Å². The number of piperidine rings is 1. The number of phenols is 1. The van der Waals surface area contributed by atoms with Gasteiger partial charge in [0.15, 0.2) is 0 Å². The fourth-order valence-electron chi connectivity index (χ4n) is 2.57. The van der Waals surface area contributed by atoms with Crippen molar-refractivity contribution >= 4 is 11.6 Å². The number of rotatable bonds is 1. The highest BCUT2D eigenvalue weighted by Gasteiger charge is 2.22. The molecule has 1 atom stereocenters. The quantitative estimate of drug-likeness (QED) is 0.789. The van der Waals surface area contributed by atoms with Gasteiger partial charge in [0.25, 0.3) is 0 Å². The molecule has 1 aliphatic rings. The Labute approximate surface area is 102 Å². The number of hydrogen-bond acceptors (Lipinski definition) is 2. The lowest BCUT2D eigenvalue weighted by Crippen LogP contribution is -2.28. The molecule has 0 bridgehead atoms. The van der Waals surface area contributed by atoms with Crippen molar-refractivity contribution in [3.63, 3.8) is 0 Å². The van der Waals surface area contributed by atoms with Crippen LogP contribution in [0.1, 0.15) is 35.4 Å². The highest BCUT2D eigenvalue weighted by molar-refractivity contribution is 6.32. The zero-order valence-electron chi connectivity index (χ0n) is 9.81. The first-order valence-corrected chi connectivity index (χ1v) is 6.18. The van der Waals surface area contributed by atoms with Gasteiger partial charge in [-0.2, -0.15) is 0 Å². The van der Waals surface area contributed by atoms with Crippen LogP contribution in [0.25, 0.3) is 0 Å². The maximum Gasteiger partial charge on any atom is 0.138 e. The molecular weight excluding hydrogens is 222 g/mol. The van der Waals surface area contributed by atoms with Gasteiger partial charge in [-0.15, -0.1) is 0 Å². The molecule has 1 unspecified atom stereocenters. The molecule has 0 saturated carbocycles. The Morgan fingerprint density at radius 3 is 2.75 bits per heavy atom. The second-order valence-corrected chi connectivity index (χ2v) is 5.01. The summed E-state index contributed by atoms with van der Waals surface area (Å²) in [5.74, 6) is 0.680. The maximum atomic E-state index is 10.2. The molecule has 2 rings (SSSR count). The Balaban J connectivity index is 2.42. The summed E-state index contributed by atoms with van der Waals surface area (Å²) in [6, 6.07) is 2.06. The van der Waals surface area contributed by atoms with E-state index in [9.17, 15) is 5.11 Å². The van der Waals surface area contributed by atoms with Crippen molar-refractivity contribution in [2.75, 3.05) is 13.1 Å². The lowest BCUT2D eigenvalue weighted by molar-refractivity contribution is 0.424. The Bertz CT molecular complexity index is 397. The fourth-order valence-corrected chi connectivity index (χ4v) is 2.73. The number of hydrogen-bond donors (Lipinski definition) is 2. The Morgan fingerprint density at radius 1 is 1.38 bits per heavy atom. The number of benzene rings is 1. The first-order valence-electron chi connectivity index (χ1n) is 5.80. The van der Waals surface area contributed by atoms with E-state index in [0.717, 1.165) is 42.6 Å². The van der Waals surface area contributed by atoms with Crippen molar-refractivity contribution in [2.45, 2.75) is 32.6 Å². The molecule has 1 aliphatic heterocycles. The first-order chi connectivity index (χ1) is 7.61. The molecular formula is C13H18ClNO. The molecule has 2 nitrogen and oxygen atoms in total. The molecule has 0 spiro atoms. The number of halogens is 1. The summed E-state index contributed by atoms with van der Waals surface area (Å²) in [5.41, 5.74) is 3.13. The van der Waals surface area contributed by atoms with Gasteiger partial charge in [0.2, 0.25) is 0 Å². The number of aromatic hydroxyl groups is 1. The summed E-state index contributed by atoms with van der Waals surface area (Å²) in [6.07, 6.45) is 2.29. The Kier molecular flexibility index (Phi) is 3.41. The van der Waals surface area contributed by atoms with Crippen molar-refractivity contribution in [1.29, 1.82) is 0 Å². The molecule has 1 fully saturated rings. The van der Waals surface area contributed by atoms with Gasteiger partial charge in [-0.3, -0.25) is 0 Å². The highest BCUT2D eigenvalue weighted by atomic mass is 35.5. The molecule has 1 saturated heterocycles. The minimum absolute atomic E-state index is 0.285. The minimum atomic E-state index is 0.285.